The molecule has 0 saturated carbocycles. The molecular weight excluding hydrogens is 302 g/mol. The largest absolute Gasteiger partial charge is 0.456 e. The van der Waals surface area contributed by atoms with Crippen LogP contribution in [0.5, 0.6) is 5.75 Å². The van der Waals surface area contributed by atoms with E-state index in [1.165, 1.54) is 12.1 Å². The van der Waals surface area contributed by atoms with E-state index in [2.05, 4.69) is 0 Å². The molecule has 4 heteroatoms. The van der Waals surface area contributed by atoms with Crippen LogP contribution in [-0.2, 0) is 0 Å². The summed E-state index contributed by atoms with van der Waals surface area (Å²) < 4.78 is 5.95. The van der Waals surface area contributed by atoms with Crippen molar-refractivity contribution in [3.8, 4) is 5.75 Å². The molecule has 0 N–H and O–H groups in total. The Bertz CT molecular complexity index is 858. The summed E-state index contributed by atoms with van der Waals surface area (Å²) >= 11 is 0. The number of nitro groups is 1. The van der Waals surface area contributed by atoms with Crippen molar-refractivity contribution in [2.24, 2.45) is 0 Å². The lowest BCUT2D eigenvalue weighted by Gasteiger charge is -2.11. The average Bonchev–Trinajstić information content (AvgIpc) is 2.63. The maximum absolute atomic E-state index is 10.9. The van der Waals surface area contributed by atoms with Crippen molar-refractivity contribution >= 4 is 17.5 Å². The summed E-state index contributed by atoms with van der Waals surface area (Å²) in [7, 11) is 0. The van der Waals surface area contributed by atoms with Gasteiger partial charge in [-0.1, -0.05) is 66.7 Å². The normalized spacial score (nSPS) is 11.1. The number of hydrogen-bond donors (Lipinski definition) is 0. The van der Waals surface area contributed by atoms with Crippen LogP contribution >= 0.6 is 0 Å². The van der Waals surface area contributed by atoms with Gasteiger partial charge >= 0.3 is 0 Å². The molecule has 0 heterocycles. The van der Waals surface area contributed by atoms with Crippen LogP contribution in [0.2, 0.25) is 0 Å². The lowest BCUT2D eigenvalue weighted by molar-refractivity contribution is -0.384. The molecule has 24 heavy (non-hydrogen) atoms. The number of nitro benzene ring substituents is 1. The van der Waals surface area contributed by atoms with E-state index >= 15 is 0 Å². The molecule has 0 aliphatic rings. The van der Waals surface area contributed by atoms with Crippen LogP contribution in [0, 0.1) is 10.1 Å². The van der Waals surface area contributed by atoms with E-state index < -0.39 is 4.92 Å². The lowest BCUT2D eigenvalue weighted by Crippen LogP contribution is -1.96. The Labute approximate surface area is 139 Å². The predicted octanol–water partition coefficient (Wildman–Crippen LogP) is 5.17. The fourth-order valence-electron chi connectivity index (χ4n) is 2.26. The fraction of sp³-hybridized carbons (Fsp3) is 0. The summed E-state index contributed by atoms with van der Waals surface area (Å²) in [6.45, 7) is 0. The van der Waals surface area contributed by atoms with E-state index in [0.29, 0.717) is 11.5 Å². The Balaban J connectivity index is 1.98. The zero-order valence-electron chi connectivity index (χ0n) is 12.8. The second-order valence-corrected chi connectivity index (χ2v) is 5.14. The van der Waals surface area contributed by atoms with Crippen LogP contribution in [-0.4, -0.2) is 4.92 Å². The monoisotopic (exact) mass is 317 g/mol. The molecule has 0 aliphatic heterocycles. The highest BCUT2D eigenvalue weighted by atomic mass is 16.6. The molecule has 0 unspecified atom stereocenters. The highest BCUT2D eigenvalue weighted by molar-refractivity contribution is 5.78. The molecule has 0 aliphatic carbocycles. The molecule has 3 aromatic rings. The highest BCUT2D eigenvalue weighted by Gasteiger charge is 2.09. The Hall–Kier alpha value is -3.40. The first-order chi connectivity index (χ1) is 11.7. The van der Waals surface area contributed by atoms with Crippen molar-refractivity contribution < 1.29 is 9.66 Å². The Morgan fingerprint density at radius 1 is 0.875 bits per heavy atom. The highest BCUT2D eigenvalue weighted by Crippen LogP contribution is 2.26. The first kappa shape index (κ1) is 15.5. The fourth-order valence-corrected chi connectivity index (χ4v) is 2.26. The molecule has 118 valence electrons. The van der Waals surface area contributed by atoms with Gasteiger partial charge in [-0.25, -0.2) is 0 Å². The molecule has 3 aromatic carbocycles. The van der Waals surface area contributed by atoms with E-state index in [9.17, 15) is 10.1 Å². The minimum atomic E-state index is -0.435. The molecular formula is C20H15NO3. The van der Waals surface area contributed by atoms with Gasteiger partial charge in [0.1, 0.15) is 11.5 Å². The topological polar surface area (TPSA) is 52.4 Å². The maximum atomic E-state index is 10.9. The Morgan fingerprint density at radius 2 is 1.54 bits per heavy atom. The molecule has 0 spiro atoms. The van der Waals surface area contributed by atoms with Gasteiger partial charge in [0, 0.05) is 11.6 Å². The first-order valence-corrected chi connectivity index (χ1v) is 7.47. The summed E-state index contributed by atoms with van der Waals surface area (Å²) in [4.78, 5) is 10.5. The second-order valence-electron chi connectivity index (χ2n) is 5.14. The van der Waals surface area contributed by atoms with Gasteiger partial charge in [0.15, 0.2) is 0 Å². The van der Waals surface area contributed by atoms with Crippen molar-refractivity contribution in [1.29, 1.82) is 0 Å². The average molecular weight is 317 g/mol. The third kappa shape index (κ3) is 3.87. The van der Waals surface area contributed by atoms with Crippen LogP contribution in [0.25, 0.3) is 11.8 Å². The summed E-state index contributed by atoms with van der Waals surface area (Å²) in [6.07, 6.45) is 1.91. The van der Waals surface area contributed by atoms with Gasteiger partial charge in [-0.15, -0.1) is 0 Å². The van der Waals surface area contributed by atoms with Gasteiger partial charge in [-0.2, -0.15) is 0 Å². The molecule has 0 saturated heterocycles. The minimum Gasteiger partial charge on any atom is -0.456 e. The van der Waals surface area contributed by atoms with E-state index in [1.54, 1.807) is 12.1 Å². The second kappa shape index (κ2) is 7.24. The minimum absolute atomic E-state index is 0.000349. The Kier molecular flexibility index (Phi) is 4.68. The third-order valence-electron chi connectivity index (χ3n) is 3.41. The summed E-state index contributed by atoms with van der Waals surface area (Å²) in [5, 5.41) is 10.9. The van der Waals surface area contributed by atoms with E-state index in [4.69, 9.17) is 4.74 Å². The van der Waals surface area contributed by atoms with E-state index in [-0.39, 0.29) is 5.69 Å². The molecule has 3 rings (SSSR count). The molecule has 0 atom stereocenters. The number of non-ortho nitro benzene ring substituents is 1. The quantitative estimate of drug-likeness (QED) is 0.282. The van der Waals surface area contributed by atoms with Crippen LogP contribution in [0.3, 0.4) is 0 Å². The number of benzene rings is 3. The Morgan fingerprint density at radius 3 is 2.21 bits per heavy atom. The van der Waals surface area contributed by atoms with Gasteiger partial charge in [0.05, 0.1) is 11.0 Å². The molecule has 0 amide bonds. The summed E-state index contributed by atoms with van der Waals surface area (Å²) in [5.41, 5.74) is 1.88. The molecule has 0 fully saturated rings. The number of nitrogens with zero attached hydrogens (tertiary/aromatic N) is 1. The van der Waals surface area contributed by atoms with Crippen molar-refractivity contribution in [3.05, 3.63) is 106 Å². The van der Waals surface area contributed by atoms with Gasteiger partial charge in [0.2, 0.25) is 0 Å². The number of hydrogen-bond acceptors (Lipinski definition) is 3. The zero-order chi connectivity index (χ0) is 16.8. The van der Waals surface area contributed by atoms with Gasteiger partial charge in [0.25, 0.3) is 5.69 Å². The molecule has 0 radical (unpaired) electrons. The van der Waals surface area contributed by atoms with Crippen molar-refractivity contribution in [1.82, 2.24) is 0 Å². The van der Waals surface area contributed by atoms with Crippen LogP contribution < -0.4 is 4.74 Å². The smallest absolute Gasteiger partial charge is 0.273 e. The molecule has 4 nitrogen and oxygen atoms in total. The maximum Gasteiger partial charge on any atom is 0.273 e. The van der Waals surface area contributed by atoms with Gasteiger partial charge in [-0.05, 0) is 17.7 Å². The predicted molar refractivity (Wildman–Crippen MR) is 94.5 cm³/mol. The summed E-state index contributed by atoms with van der Waals surface area (Å²) in [5.74, 6) is 1.05. The van der Waals surface area contributed by atoms with Crippen molar-refractivity contribution in [2.45, 2.75) is 0 Å². The summed E-state index contributed by atoms with van der Waals surface area (Å²) in [6, 6.07) is 25.6. The number of rotatable bonds is 5. The lowest BCUT2D eigenvalue weighted by atomic mass is 10.1. The van der Waals surface area contributed by atoms with Crippen LogP contribution in [0.1, 0.15) is 11.1 Å². The van der Waals surface area contributed by atoms with Crippen LogP contribution in [0.15, 0.2) is 84.9 Å². The molecule has 0 bridgehead atoms. The van der Waals surface area contributed by atoms with Crippen LogP contribution in [0.4, 0.5) is 5.69 Å². The first-order valence-electron chi connectivity index (χ1n) is 7.47. The van der Waals surface area contributed by atoms with E-state index in [0.717, 1.165) is 11.1 Å². The van der Waals surface area contributed by atoms with Crippen molar-refractivity contribution in [3.63, 3.8) is 0 Å². The standard InChI is InChI=1S/C20H15NO3/c22-21(23)18-12-7-13-19(15-18)24-20(17-10-5-2-6-11-17)14-16-8-3-1-4-9-16/h1-15H/b20-14-. The third-order valence-corrected chi connectivity index (χ3v) is 3.41. The van der Waals surface area contributed by atoms with Gasteiger partial charge in [-0.3, -0.25) is 10.1 Å². The SMILES string of the molecule is O=[N+]([O-])c1cccc(O/C(=C\c2ccccc2)c2ccccc2)c1. The van der Waals surface area contributed by atoms with E-state index in [1.807, 2.05) is 66.7 Å². The zero-order valence-corrected chi connectivity index (χ0v) is 12.8. The van der Waals surface area contributed by atoms with Crippen molar-refractivity contribution in [2.75, 3.05) is 0 Å². The number of ether oxygens (including phenoxy) is 1. The van der Waals surface area contributed by atoms with Gasteiger partial charge < -0.3 is 4.74 Å². The molecule has 0 aromatic heterocycles.